The summed E-state index contributed by atoms with van der Waals surface area (Å²) in [6, 6.07) is 12.1. The summed E-state index contributed by atoms with van der Waals surface area (Å²) in [5.74, 6) is 0.977. The van der Waals surface area contributed by atoms with Crippen LogP contribution >= 0.6 is 23.8 Å². The quantitative estimate of drug-likeness (QED) is 0.408. The van der Waals surface area contributed by atoms with Gasteiger partial charge in [0, 0.05) is 48.2 Å². The van der Waals surface area contributed by atoms with Gasteiger partial charge in [-0.1, -0.05) is 11.6 Å². The Labute approximate surface area is 186 Å². The minimum absolute atomic E-state index is 0.339. The lowest BCUT2D eigenvalue weighted by molar-refractivity contribution is 0.305. The van der Waals surface area contributed by atoms with Crippen LogP contribution in [0.25, 0.3) is 16.9 Å². The van der Waals surface area contributed by atoms with Crippen LogP contribution in [0.4, 0.5) is 4.39 Å². The zero-order chi connectivity index (χ0) is 21.3. The summed E-state index contributed by atoms with van der Waals surface area (Å²) in [5, 5.41) is 0.660. The minimum Gasteiger partial charge on any atom is -0.496 e. The maximum absolute atomic E-state index is 13.8. The van der Waals surface area contributed by atoms with Gasteiger partial charge in [-0.3, -0.25) is 4.57 Å². The Morgan fingerprint density at radius 2 is 1.93 bits per heavy atom. The average molecular weight is 446 g/mol. The van der Waals surface area contributed by atoms with E-state index in [0.717, 1.165) is 42.5 Å². The van der Waals surface area contributed by atoms with Crippen LogP contribution in [0.5, 0.6) is 5.75 Å². The molecule has 4 rings (SSSR count). The number of methoxy groups -OCH3 is 1. The Morgan fingerprint density at radius 1 is 1.20 bits per heavy atom. The fourth-order valence-corrected chi connectivity index (χ4v) is 4.14. The summed E-state index contributed by atoms with van der Waals surface area (Å²) in [4.78, 5) is 2.36. The second-order valence-electron chi connectivity index (χ2n) is 7.85. The van der Waals surface area contributed by atoms with Crippen molar-refractivity contribution in [2.24, 2.45) is 5.92 Å². The van der Waals surface area contributed by atoms with E-state index in [1.54, 1.807) is 13.2 Å². The highest BCUT2D eigenvalue weighted by atomic mass is 35.5. The average Bonchev–Trinajstić information content (AvgIpc) is 3.49. The number of aromatic nitrogens is 2. The Hall–Kier alpha value is -2.15. The second kappa shape index (κ2) is 8.92. The molecule has 0 bridgehead atoms. The summed E-state index contributed by atoms with van der Waals surface area (Å²) in [6.45, 7) is 2.82. The van der Waals surface area contributed by atoms with Gasteiger partial charge in [0.15, 0.2) is 4.77 Å². The van der Waals surface area contributed by atoms with Gasteiger partial charge in [-0.2, -0.15) is 0 Å². The van der Waals surface area contributed by atoms with Crippen molar-refractivity contribution in [1.82, 2.24) is 14.0 Å². The molecule has 1 fully saturated rings. The largest absolute Gasteiger partial charge is 0.496 e. The summed E-state index contributed by atoms with van der Waals surface area (Å²) < 4.78 is 24.0. The highest BCUT2D eigenvalue weighted by Crippen LogP contribution is 2.34. The van der Waals surface area contributed by atoms with Gasteiger partial charge in [0.2, 0.25) is 0 Å². The Bertz CT molecular complexity index is 1090. The maximum Gasteiger partial charge on any atom is 0.185 e. The lowest BCUT2D eigenvalue weighted by atomic mass is 10.1. The van der Waals surface area contributed by atoms with Crippen molar-refractivity contribution in [2.45, 2.75) is 19.4 Å². The van der Waals surface area contributed by atoms with Crippen LogP contribution in [0.2, 0.25) is 5.02 Å². The van der Waals surface area contributed by atoms with E-state index in [9.17, 15) is 4.39 Å². The summed E-state index contributed by atoms with van der Waals surface area (Å²) in [7, 11) is 3.70. The molecule has 1 aliphatic rings. The van der Waals surface area contributed by atoms with E-state index in [0.29, 0.717) is 15.5 Å². The summed E-state index contributed by atoms with van der Waals surface area (Å²) in [5.41, 5.74) is 2.53. The molecule has 1 aromatic heterocycles. The third-order valence-electron chi connectivity index (χ3n) is 5.47. The summed E-state index contributed by atoms with van der Waals surface area (Å²) in [6.07, 6.45) is 4.70. The molecule has 0 amide bonds. The molecular formula is C23H25ClFN3OS. The smallest absolute Gasteiger partial charge is 0.185 e. The van der Waals surface area contributed by atoms with Crippen molar-refractivity contribution in [1.29, 1.82) is 0 Å². The number of hydrogen-bond acceptors (Lipinski definition) is 3. The van der Waals surface area contributed by atoms with Crippen LogP contribution in [0.15, 0.2) is 48.7 Å². The van der Waals surface area contributed by atoms with Gasteiger partial charge in [0.25, 0.3) is 0 Å². The molecule has 1 saturated carbocycles. The van der Waals surface area contributed by atoms with Crippen molar-refractivity contribution in [3.63, 3.8) is 0 Å². The SMILES string of the molecule is COc1cc(F)ccc1-c1cn(CCN(C)CC2CC2)c(=S)n1-c1ccc(Cl)cc1. The van der Waals surface area contributed by atoms with Crippen molar-refractivity contribution in [3.8, 4) is 22.7 Å². The predicted molar refractivity (Wildman–Crippen MR) is 122 cm³/mol. The molecule has 158 valence electrons. The molecular weight excluding hydrogens is 421 g/mol. The maximum atomic E-state index is 13.8. The van der Waals surface area contributed by atoms with Crippen molar-refractivity contribution >= 4 is 23.8 Å². The molecule has 3 aromatic rings. The molecule has 2 aromatic carbocycles. The van der Waals surface area contributed by atoms with E-state index < -0.39 is 0 Å². The van der Waals surface area contributed by atoms with Crippen LogP contribution in [0, 0.1) is 16.5 Å². The zero-order valence-corrected chi connectivity index (χ0v) is 18.7. The van der Waals surface area contributed by atoms with Crippen molar-refractivity contribution < 1.29 is 9.13 Å². The fraction of sp³-hybridized carbons (Fsp3) is 0.348. The molecule has 0 spiro atoms. The third kappa shape index (κ3) is 4.61. The molecule has 0 N–H and O–H groups in total. The third-order valence-corrected chi connectivity index (χ3v) is 6.14. The number of nitrogens with zero attached hydrogens (tertiary/aromatic N) is 3. The van der Waals surface area contributed by atoms with Crippen LogP contribution in [0.3, 0.4) is 0 Å². The molecule has 4 nitrogen and oxygen atoms in total. The lowest BCUT2D eigenvalue weighted by Gasteiger charge is -2.16. The van der Waals surface area contributed by atoms with Crippen molar-refractivity contribution in [3.05, 3.63) is 64.3 Å². The number of likely N-dealkylation sites (N-methyl/N-ethyl adjacent to an activating group) is 1. The van der Waals surface area contributed by atoms with Gasteiger partial charge >= 0.3 is 0 Å². The normalized spacial score (nSPS) is 13.8. The number of rotatable bonds is 8. The highest BCUT2D eigenvalue weighted by Gasteiger charge is 2.23. The van der Waals surface area contributed by atoms with E-state index in [1.807, 2.05) is 35.0 Å². The van der Waals surface area contributed by atoms with Crippen LogP contribution < -0.4 is 4.74 Å². The van der Waals surface area contributed by atoms with Gasteiger partial charge in [0.1, 0.15) is 11.6 Å². The van der Waals surface area contributed by atoms with Gasteiger partial charge in [-0.15, -0.1) is 0 Å². The standard InChI is InChI=1S/C23H25ClFN3OS/c1-26(14-16-3-4-16)11-12-27-15-21(20-10-7-18(25)13-22(20)29-2)28(23(27)30)19-8-5-17(24)6-9-19/h5-10,13,15-16H,3-4,11-12,14H2,1-2H3. The Kier molecular flexibility index (Phi) is 6.27. The van der Waals surface area contributed by atoms with Crippen LogP contribution in [0.1, 0.15) is 12.8 Å². The first kappa shape index (κ1) is 21.1. The molecule has 0 unspecified atom stereocenters. The number of imidazole rings is 1. The van der Waals surface area contributed by atoms with Gasteiger partial charge in [-0.05, 0) is 74.4 Å². The number of ether oxygens (including phenoxy) is 1. The molecule has 1 heterocycles. The summed E-state index contributed by atoms with van der Waals surface area (Å²) >= 11 is 11.9. The lowest BCUT2D eigenvalue weighted by Crippen LogP contribution is -2.25. The van der Waals surface area contributed by atoms with Gasteiger partial charge in [-0.25, -0.2) is 4.39 Å². The molecule has 0 atom stereocenters. The molecule has 0 aliphatic heterocycles. The number of hydrogen-bond donors (Lipinski definition) is 0. The highest BCUT2D eigenvalue weighted by molar-refractivity contribution is 7.71. The monoisotopic (exact) mass is 445 g/mol. The minimum atomic E-state index is -0.339. The van der Waals surface area contributed by atoms with E-state index >= 15 is 0 Å². The van der Waals surface area contributed by atoms with E-state index in [1.165, 1.54) is 25.0 Å². The molecule has 0 saturated heterocycles. The number of halogens is 2. The van der Waals surface area contributed by atoms with Gasteiger partial charge < -0.3 is 14.2 Å². The predicted octanol–water partition coefficient (Wildman–Crippen LogP) is 5.82. The second-order valence-corrected chi connectivity index (χ2v) is 8.65. The first-order valence-electron chi connectivity index (χ1n) is 10.1. The Morgan fingerprint density at radius 3 is 2.60 bits per heavy atom. The van der Waals surface area contributed by atoms with Crippen LogP contribution in [-0.4, -0.2) is 41.3 Å². The van der Waals surface area contributed by atoms with Gasteiger partial charge in [0.05, 0.1) is 12.8 Å². The molecule has 0 radical (unpaired) electrons. The molecule has 30 heavy (non-hydrogen) atoms. The van der Waals surface area contributed by atoms with E-state index in [-0.39, 0.29) is 5.82 Å². The molecule has 1 aliphatic carbocycles. The van der Waals surface area contributed by atoms with Crippen molar-refractivity contribution in [2.75, 3.05) is 27.2 Å². The first-order valence-corrected chi connectivity index (χ1v) is 10.9. The Balaban J connectivity index is 1.75. The van der Waals surface area contributed by atoms with E-state index in [2.05, 4.69) is 16.5 Å². The van der Waals surface area contributed by atoms with E-state index in [4.69, 9.17) is 28.6 Å². The molecule has 7 heteroatoms. The first-order chi connectivity index (χ1) is 14.5. The van der Waals surface area contributed by atoms with Crippen LogP contribution in [-0.2, 0) is 6.54 Å². The zero-order valence-electron chi connectivity index (χ0n) is 17.1. The number of benzene rings is 2. The topological polar surface area (TPSA) is 22.3 Å². The fourth-order valence-electron chi connectivity index (χ4n) is 3.67.